The van der Waals surface area contributed by atoms with Crippen LogP contribution in [0.2, 0.25) is 5.02 Å². The van der Waals surface area contributed by atoms with E-state index in [1.54, 1.807) is 13.2 Å². The van der Waals surface area contributed by atoms with Crippen molar-refractivity contribution in [1.29, 1.82) is 0 Å². The molecule has 0 aliphatic rings. The number of rotatable bonds is 8. The van der Waals surface area contributed by atoms with Crippen molar-refractivity contribution in [1.82, 2.24) is 5.32 Å². The second-order valence-electron chi connectivity index (χ2n) is 6.21. The molecule has 0 spiro atoms. The van der Waals surface area contributed by atoms with Gasteiger partial charge in [0.1, 0.15) is 12.4 Å². The summed E-state index contributed by atoms with van der Waals surface area (Å²) >= 11 is 9.66. The van der Waals surface area contributed by atoms with E-state index in [0.29, 0.717) is 28.6 Å². The predicted molar refractivity (Wildman–Crippen MR) is 113 cm³/mol. The first kappa shape index (κ1) is 20.6. The first-order valence-corrected chi connectivity index (χ1v) is 9.91. The Balaban J connectivity index is 1.66. The molecule has 0 unspecified atom stereocenters. The highest BCUT2D eigenvalue weighted by Gasteiger charge is 2.12. The van der Waals surface area contributed by atoms with Crippen LogP contribution in [0.25, 0.3) is 0 Å². The number of hydrogen-bond donors (Lipinski definition) is 1. The summed E-state index contributed by atoms with van der Waals surface area (Å²) in [6.45, 7) is 1.67. The highest BCUT2D eigenvalue weighted by atomic mass is 79.9. The third-order valence-electron chi connectivity index (χ3n) is 4.22. The van der Waals surface area contributed by atoms with Crippen LogP contribution in [0.1, 0.15) is 16.7 Å². The highest BCUT2D eigenvalue weighted by Crippen LogP contribution is 2.34. The van der Waals surface area contributed by atoms with E-state index in [1.165, 1.54) is 17.7 Å². The molecule has 0 aliphatic heterocycles. The first-order valence-electron chi connectivity index (χ1n) is 8.74. The fourth-order valence-corrected chi connectivity index (χ4v) is 3.40. The van der Waals surface area contributed by atoms with Gasteiger partial charge < -0.3 is 14.8 Å². The summed E-state index contributed by atoms with van der Waals surface area (Å²) in [7, 11) is 1.60. The standard InChI is InChI=1S/C22H20BrClFNO2/c1-27-21-9-17(13-26-12-15-5-3-2-4-6-15)19(23)11-22(21)28-14-16-7-8-18(25)10-20(16)24/h2-11,26H,12-14H2,1H3. The van der Waals surface area contributed by atoms with E-state index in [1.807, 2.05) is 30.3 Å². The third kappa shape index (κ3) is 5.47. The first-order chi connectivity index (χ1) is 13.6. The van der Waals surface area contributed by atoms with Crippen molar-refractivity contribution < 1.29 is 13.9 Å². The molecule has 0 atom stereocenters. The van der Waals surface area contributed by atoms with Gasteiger partial charge in [-0.15, -0.1) is 0 Å². The Morgan fingerprint density at radius 1 is 0.964 bits per heavy atom. The average Bonchev–Trinajstić information content (AvgIpc) is 2.69. The number of benzene rings is 3. The van der Waals surface area contributed by atoms with Gasteiger partial charge in [0.15, 0.2) is 11.5 Å². The van der Waals surface area contributed by atoms with Crippen molar-refractivity contribution in [3.05, 3.63) is 92.7 Å². The maximum atomic E-state index is 13.2. The monoisotopic (exact) mass is 463 g/mol. The topological polar surface area (TPSA) is 30.5 Å². The molecule has 3 aromatic carbocycles. The normalized spacial score (nSPS) is 10.7. The van der Waals surface area contributed by atoms with Crippen LogP contribution in [-0.4, -0.2) is 7.11 Å². The van der Waals surface area contributed by atoms with Crippen molar-refractivity contribution in [2.45, 2.75) is 19.7 Å². The van der Waals surface area contributed by atoms with Crippen LogP contribution in [0, 0.1) is 5.82 Å². The molecule has 3 nitrogen and oxygen atoms in total. The minimum atomic E-state index is -0.374. The van der Waals surface area contributed by atoms with E-state index >= 15 is 0 Å². The Bertz CT molecular complexity index is 937. The quantitative estimate of drug-likeness (QED) is 0.436. The van der Waals surface area contributed by atoms with Gasteiger partial charge in [-0.05, 0) is 35.4 Å². The van der Waals surface area contributed by atoms with Crippen LogP contribution in [0.5, 0.6) is 11.5 Å². The minimum absolute atomic E-state index is 0.216. The van der Waals surface area contributed by atoms with E-state index in [0.717, 1.165) is 16.6 Å². The maximum absolute atomic E-state index is 13.2. The predicted octanol–water partition coefficient (Wildman–Crippen LogP) is 6.12. The van der Waals surface area contributed by atoms with Crippen molar-refractivity contribution >= 4 is 27.5 Å². The Morgan fingerprint density at radius 2 is 1.75 bits per heavy atom. The number of nitrogens with one attached hydrogen (secondary N) is 1. The van der Waals surface area contributed by atoms with E-state index < -0.39 is 0 Å². The molecule has 0 saturated heterocycles. The van der Waals surface area contributed by atoms with Gasteiger partial charge in [0.05, 0.1) is 12.1 Å². The van der Waals surface area contributed by atoms with Gasteiger partial charge in [0, 0.05) is 23.1 Å². The summed E-state index contributed by atoms with van der Waals surface area (Å²) in [6, 6.07) is 18.3. The van der Waals surface area contributed by atoms with Gasteiger partial charge in [-0.2, -0.15) is 0 Å². The lowest BCUT2D eigenvalue weighted by molar-refractivity contribution is 0.284. The largest absolute Gasteiger partial charge is 0.493 e. The average molecular weight is 465 g/mol. The smallest absolute Gasteiger partial charge is 0.162 e. The summed E-state index contributed by atoms with van der Waals surface area (Å²) in [5.41, 5.74) is 2.98. The van der Waals surface area contributed by atoms with Crippen LogP contribution in [-0.2, 0) is 19.7 Å². The van der Waals surface area contributed by atoms with E-state index in [-0.39, 0.29) is 12.4 Å². The van der Waals surface area contributed by atoms with Crippen LogP contribution >= 0.6 is 27.5 Å². The van der Waals surface area contributed by atoms with Gasteiger partial charge in [0.2, 0.25) is 0 Å². The summed E-state index contributed by atoms with van der Waals surface area (Å²) in [5.74, 6) is 0.834. The molecule has 0 saturated carbocycles. The van der Waals surface area contributed by atoms with Crippen LogP contribution in [0.3, 0.4) is 0 Å². The van der Waals surface area contributed by atoms with Gasteiger partial charge in [-0.1, -0.05) is 63.9 Å². The summed E-state index contributed by atoms with van der Waals surface area (Å²) in [5, 5.41) is 3.75. The van der Waals surface area contributed by atoms with Gasteiger partial charge >= 0.3 is 0 Å². The molecular weight excluding hydrogens is 445 g/mol. The molecular formula is C22H20BrClFNO2. The number of methoxy groups -OCH3 is 1. The number of halogens is 3. The highest BCUT2D eigenvalue weighted by molar-refractivity contribution is 9.10. The summed E-state index contributed by atoms with van der Waals surface area (Å²) < 4.78 is 25.4. The Kier molecular flexibility index (Phi) is 7.31. The molecule has 3 aromatic rings. The molecule has 0 bridgehead atoms. The Morgan fingerprint density at radius 3 is 2.46 bits per heavy atom. The van der Waals surface area contributed by atoms with E-state index in [2.05, 4.69) is 33.4 Å². The molecule has 6 heteroatoms. The lowest BCUT2D eigenvalue weighted by Gasteiger charge is -2.15. The number of hydrogen-bond acceptors (Lipinski definition) is 3. The maximum Gasteiger partial charge on any atom is 0.162 e. The molecule has 0 fully saturated rings. The summed E-state index contributed by atoms with van der Waals surface area (Å²) in [6.07, 6.45) is 0. The molecule has 0 aliphatic carbocycles. The molecule has 146 valence electrons. The summed E-state index contributed by atoms with van der Waals surface area (Å²) in [4.78, 5) is 0. The van der Waals surface area contributed by atoms with Gasteiger partial charge in [-0.3, -0.25) is 0 Å². The zero-order valence-electron chi connectivity index (χ0n) is 15.3. The van der Waals surface area contributed by atoms with Crippen LogP contribution < -0.4 is 14.8 Å². The lowest BCUT2D eigenvalue weighted by atomic mass is 10.1. The molecule has 0 aromatic heterocycles. The van der Waals surface area contributed by atoms with Crippen molar-refractivity contribution in [3.63, 3.8) is 0 Å². The van der Waals surface area contributed by atoms with Crippen molar-refractivity contribution in [2.24, 2.45) is 0 Å². The van der Waals surface area contributed by atoms with Gasteiger partial charge in [-0.25, -0.2) is 4.39 Å². The molecule has 28 heavy (non-hydrogen) atoms. The van der Waals surface area contributed by atoms with E-state index in [4.69, 9.17) is 21.1 Å². The Labute approximate surface area is 177 Å². The fraction of sp³-hybridized carbons (Fsp3) is 0.182. The van der Waals surface area contributed by atoms with Crippen LogP contribution in [0.4, 0.5) is 4.39 Å². The third-order valence-corrected chi connectivity index (χ3v) is 5.31. The lowest BCUT2D eigenvalue weighted by Crippen LogP contribution is -2.13. The minimum Gasteiger partial charge on any atom is -0.493 e. The van der Waals surface area contributed by atoms with Crippen LogP contribution in [0.15, 0.2) is 65.1 Å². The molecule has 0 amide bonds. The SMILES string of the molecule is COc1cc(CNCc2ccccc2)c(Br)cc1OCc1ccc(F)cc1Cl. The fourth-order valence-electron chi connectivity index (χ4n) is 2.72. The second-order valence-corrected chi connectivity index (χ2v) is 7.47. The van der Waals surface area contributed by atoms with E-state index in [9.17, 15) is 4.39 Å². The molecule has 3 rings (SSSR count). The zero-order valence-corrected chi connectivity index (χ0v) is 17.7. The zero-order chi connectivity index (χ0) is 19.9. The molecule has 1 N–H and O–H groups in total. The Hall–Kier alpha value is -2.08. The van der Waals surface area contributed by atoms with Crippen molar-refractivity contribution in [2.75, 3.05) is 7.11 Å². The number of ether oxygens (including phenoxy) is 2. The molecule has 0 heterocycles. The molecule has 0 radical (unpaired) electrons. The van der Waals surface area contributed by atoms with Gasteiger partial charge in [0.25, 0.3) is 0 Å². The second kappa shape index (κ2) is 9.92. The van der Waals surface area contributed by atoms with Crippen molar-refractivity contribution in [3.8, 4) is 11.5 Å².